The van der Waals surface area contributed by atoms with E-state index in [2.05, 4.69) is 4.98 Å². The molecule has 1 heterocycles. The summed E-state index contributed by atoms with van der Waals surface area (Å²) in [5.74, 6) is 0.453. The number of ether oxygens (including phenoxy) is 1. The van der Waals surface area contributed by atoms with Crippen LogP contribution in [0.5, 0.6) is 5.75 Å². The molecule has 0 aliphatic carbocycles. The van der Waals surface area contributed by atoms with Crippen LogP contribution in [-0.2, 0) is 6.61 Å². The van der Waals surface area contributed by atoms with Crippen molar-refractivity contribution in [2.75, 3.05) is 0 Å². The maximum Gasteiger partial charge on any atom is 0.128 e. The van der Waals surface area contributed by atoms with Crippen molar-refractivity contribution in [2.24, 2.45) is 0 Å². The van der Waals surface area contributed by atoms with Gasteiger partial charge in [0.25, 0.3) is 0 Å². The van der Waals surface area contributed by atoms with Crippen molar-refractivity contribution in [1.29, 1.82) is 0 Å². The van der Waals surface area contributed by atoms with E-state index in [1.54, 1.807) is 18.2 Å². The highest BCUT2D eigenvalue weighted by molar-refractivity contribution is 6.30. The molecule has 0 radical (unpaired) electrons. The fraction of sp³-hybridized carbons (Fsp3) is 0.0667. The Hall–Kier alpha value is -2.00. The number of hydrogen-bond donors (Lipinski definition) is 1. The molecule has 1 N–H and O–H groups in total. The van der Waals surface area contributed by atoms with E-state index in [1.165, 1.54) is 12.1 Å². The van der Waals surface area contributed by atoms with Crippen LogP contribution in [0.3, 0.4) is 0 Å². The summed E-state index contributed by atoms with van der Waals surface area (Å²) in [5, 5.41) is 1.60. The summed E-state index contributed by atoms with van der Waals surface area (Å²) in [4.78, 5) is 3.12. The summed E-state index contributed by atoms with van der Waals surface area (Å²) in [7, 11) is 0. The Morgan fingerprint density at radius 1 is 1.11 bits per heavy atom. The lowest BCUT2D eigenvalue weighted by Gasteiger charge is -2.04. The maximum atomic E-state index is 13.1. The van der Waals surface area contributed by atoms with Gasteiger partial charge < -0.3 is 9.72 Å². The minimum absolute atomic E-state index is 0.253. The van der Waals surface area contributed by atoms with Crippen LogP contribution in [0.25, 0.3) is 10.9 Å². The first-order valence-electron chi connectivity index (χ1n) is 5.86. The van der Waals surface area contributed by atoms with Crippen molar-refractivity contribution < 1.29 is 9.13 Å². The van der Waals surface area contributed by atoms with Gasteiger partial charge in [-0.15, -0.1) is 0 Å². The molecule has 0 spiro atoms. The number of H-pyrrole nitrogens is 1. The third-order valence-electron chi connectivity index (χ3n) is 2.83. The highest BCUT2D eigenvalue weighted by Crippen LogP contribution is 2.20. The quantitative estimate of drug-likeness (QED) is 0.746. The van der Waals surface area contributed by atoms with Crippen LogP contribution in [-0.4, -0.2) is 4.98 Å². The molecule has 0 atom stereocenters. The average molecular weight is 276 g/mol. The molecule has 2 nitrogen and oxygen atoms in total. The number of aromatic nitrogens is 1. The second-order valence-electron chi connectivity index (χ2n) is 4.27. The van der Waals surface area contributed by atoms with Crippen LogP contribution in [0.2, 0.25) is 5.02 Å². The molecule has 4 heteroatoms. The van der Waals surface area contributed by atoms with Gasteiger partial charge in [0.05, 0.1) is 5.69 Å². The van der Waals surface area contributed by atoms with Gasteiger partial charge in [-0.1, -0.05) is 17.7 Å². The Morgan fingerprint density at radius 3 is 2.84 bits per heavy atom. The van der Waals surface area contributed by atoms with Gasteiger partial charge >= 0.3 is 0 Å². The van der Waals surface area contributed by atoms with E-state index in [9.17, 15) is 4.39 Å². The summed E-state index contributed by atoms with van der Waals surface area (Å²) in [6, 6.07) is 13.8. The number of halogens is 2. The van der Waals surface area contributed by atoms with E-state index in [1.807, 2.05) is 18.2 Å². The molecule has 0 saturated heterocycles. The molecule has 0 aliphatic rings. The lowest BCUT2D eigenvalue weighted by molar-refractivity contribution is 0.302. The lowest BCUT2D eigenvalue weighted by atomic mass is 10.2. The molecule has 96 valence electrons. The minimum Gasteiger partial charge on any atom is -0.487 e. The van der Waals surface area contributed by atoms with Gasteiger partial charge in [-0.05, 0) is 47.9 Å². The van der Waals surface area contributed by atoms with Gasteiger partial charge in [-0.2, -0.15) is 0 Å². The zero-order valence-corrected chi connectivity index (χ0v) is 10.7. The van der Waals surface area contributed by atoms with Crippen LogP contribution in [0, 0.1) is 5.82 Å². The van der Waals surface area contributed by atoms with E-state index in [4.69, 9.17) is 16.3 Å². The maximum absolute atomic E-state index is 13.1. The van der Waals surface area contributed by atoms with Crippen molar-refractivity contribution in [3.8, 4) is 5.75 Å². The van der Waals surface area contributed by atoms with E-state index in [-0.39, 0.29) is 5.82 Å². The molecule has 0 amide bonds. The molecule has 3 aromatic rings. The number of rotatable bonds is 3. The molecule has 0 saturated carbocycles. The Morgan fingerprint density at radius 2 is 2.00 bits per heavy atom. The standard InChI is InChI=1S/C15H11ClFNO/c16-11-2-1-3-14(7-11)19-9-13-6-10-4-5-12(17)8-15(10)18-13/h1-8,18H,9H2. The first-order chi connectivity index (χ1) is 9.20. The van der Waals surface area contributed by atoms with Gasteiger partial charge in [0.1, 0.15) is 18.2 Å². The molecular weight excluding hydrogens is 265 g/mol. The van der Waals surface area contributed by atoms with Gasteiger partial charge in [0, 0.05) is 10.5 Å². The molecule has 2 aromatic carbocycles. The SMILES string of the molecule is Fc1ccc2cc(COc3cccc(Cl)c3)[nH]c2c1. The number of benzene rings is 2. The lowest BCUT2D eigenvalue weighted by Crippen LogP contribution is -1.95. The molecule has 19 heavy (non-hydrogen) atoms. The number of hydrogen-bond acceptors (Lipinski definition) is 1. The Bertz CT molecular complexity index is 723. The van der Waals surface area contributed by atoms with Crippen LogP contribution in [0.1, 0.15) is 5.69 Å². The third-order valence-corrected chi connectivity index (χ3v) is 3.07. The topological polar surface area (TPSA) is 25.0 Å². The largest absolute Gasteiger partial charge is 0.487 e. The summed E-state index contributed by atoms with van der Waals surface area (Å²) in [6.07, 6.45) is 0. The first kappa shape index (κ1) is 12.1. The van der Waals surface area contributed by atoms with Crippen LogP contribution in [0.15, 0.2) is 48.5 Å². The molecule has 0 unspecified atom stereocenters. The highest BCUT2D eigenvalue weighted by Gasteiger charge is 2.03. The predicted octanol–water partition coefficient (Wildman–Crippen LogP) is 4.54. The van der Waals surface area contributed by atoms with Crippen molar-refractivity contribution >= 4 is 22.5 Å². The molecule has 3 rings (SSSR count). The van der Waals surface area contributed by atoms with E-state index in [0.29, 0.717) is 17.4 Å². The zero-order chi connectivity index (χ0) is 13.2. The van der Waals surface area contributed by atoms with Gasteiger partial charge in [-0.25, -0.2) is 4.39 Å². The predicted molar refractivity (Wildman–Crippen MR) is 74.0 cm³/mol. The van der Waals surface area contributed by atoms with E-state index >= 15 is 0 Å². The molecular formula is C15H11ClFNO. The van der Waals surface area contributed by atoms with Crippen LogP contribution < -0.4 is 4.74 Å². The van der Waals surface area contributed by atoms with Crippen molar-refractivity contribution in [3.63, 3.8) is 0 Å². The average Bonchev–Trinajstić information content (AvgIpc) is 2.78. The molecule has 0 fully saturated rings. The van der Waals surface area contributed by atoms with Gasteiger partial charge in [-0.3, -0.25) is 0 Å². The summed E-state index contributed by atoms with van der Waals surface area (Å²) in [5.41, 5.74) is 1.66. The fourth-order valence-corrected chi connectivity index (χ4v) is 2.14. The van der Waals surface area contributed by atoms with Crippen LogP contribution >= 0.6 is 11.6 Å². The van der Waals surface area contributed by atoms with E-state index < -0.39 is 0 Å². The Balaban J connectivity index is 1.78. The normalized spacial score (nSPS) is 10.8. The second-order valence-corrected chi connectivity index (χ2v) is 4.71. The summed E-state index contributed by atoms with van der Waals surface area (Å²) >= 11 is 5.88. The number of fused-ring (bicyclic) bond motifs is 1. The molecule has 1 aromatic heterocycles. The first-order valence-corrected chi connectivity index (χ1v) is 6.24. The highest BCUT2D eigenvalue weighted by atomic mass is 35.5. The van der Waals surface area contributed by atoms with Gasteiger partial charge in [0.2, 0.25) is 0 Å². The Kier molecular flexibility index (Phi) is 3.13. The monoisotopic (exact) mass is 275 g/mol. The third kappa shape index (κ3) is 2.71. The summed E-state index contributed by atoms with van der Waals surface area (Å²) < 4.78 is 18.7. The van der Waals surface area contributed by atoms with Crippen molar-refractivity contribution in [1.82, 2.24) is 4.98 Å². The smallest absolute Gasteiger partial charge is 0.128 e. The Labute approximate surface area is 114 Å². The van der Waals surface area contributed by atoms with Gasteiger partial charge in [0.15, 0.2) is 0 Å². The zero-order valence-electron chi connectivity index (χ0n) is 9.99. The number of nitrogens with one attached hydrogen (secondary N) is 1. The van der Waals surface area contributed by atoms with E-state index in [0.717, 1.165) is 16.6 Å². The fourth-order valence-electron chi connectivity index (χ4n) is 1.96. The second kappa shape index (κ2) is 4.94. The molecule has 0 aliphatic heterocycles. The molecule has 0 bridgehead atoms. The van der Waals surface area contributed by atoms with Crippen molar-refractivity contribution in [2.45, 2.75) is 6.61 Å². The van der Waals surface area contributed by atoms with Crippen LogP contribution in [0.4, 0.5) is 4.39 Å². The minimum atomic E-state index is -0.253. The number of aromatic amines is 1. The summed E-state index contributed by atoms with van der Waals surface area (Å²) in [6.45, 7) is 0.386. The van der Waals surface area contributed by atoms with Crippen molar-refractivity contribution in [3.05, 3.63) is 65.1 Å².